The van der Waals surface area contributed by atoms with Crippen molar-refractivity contribution in [1.82, 2.24) is 20.2 Å². The van der Waals surface area contributed by atoms with Crippen LogP contribution in [0.15, 0.2) is 48.3 Å². The summed E-state index contributed by atoms with van der Waals surface area (Å²) in [5, 5.41) is 2.28. The summed E-state index contributed by atoms with van der Waals surface area (Å²) in [5.41, 5.74) is 1.33. The largest absolute Gasteiger partial charge is 0.331 e. The van der Waals surface area contributed by atoms with E-state index in [0.29, 0.717) is 11.4 Å². The number of benzene rings is 1. The van der Waals surface area contributed by atoms with Crippen molar-refractivity contribution in [3.05, 3.63) is 53.9 Å². The van der Waals surface area contributed by atoms with Crippen LogP contribution in [0.5, 0.6) is 0 Å². The van der Waals surface area contributed by atoms with Gasteiger partial charge in [0.1, 0.15) is 5.57 Å². The maximum Gasteiger partial charge on any atom is 0.331 e. The predicted molar refractivity (Wildman–Crippen MR) is 103 cm³/mol. The molecule has 2 fully saturated rings. The Morgan fingerprint density at radius 3 is 2.32 bits per heavy atom. The normalized spacial score (nSPS) is 19.8. The molecule has 0 atom stereocenters. The van der Waals surface area contributed by atoms with Crippen LogP contribution in [0.1, 0.15) is 37.7 Å². The van der Waals surface area contributed by atoms with E-state index in [4.69, 9.17) is 0 Å². The number of nitrogens with one attached hydrogen (secondary N) is 1. The number of hydrogen-bond donors (Lipinski definition) is 1. The number of carbonyl (C=O) groups is 3. The molecule has 1 aliphatic heterocycles. The molecule has 4 amide bonds. The summed E-state index contributed by atoms with van der Waals surface area (Å²) >= 11 is 0. The smallest absolute Gasteiger partial charge is 0.273 e. The molecule has 2 aromatic rings. The highest BCUT2D eigenvalue weighted by atomic mass is 16.2. The number of urea groups is 1. The molecule has 0 spiro atoms. The zero-order valence-electron chi connectivity index (χ0n) is 15.3. The molecule has 142 valence electrons. The molecule has 0 radical (unpaired) electrons. The second-order valence-electron chi connectivity index (χ2n) is 6.99. The lowest BCUT2D eigenvalue weighted by Gasteiger charge is -2.35. The van der Waals surface area contributed by atoms with Crippen LogP contribution in [0, 0.1) is 0 Å². The predicted octanol–water partition coefficient (Wildman–Crippen LogP) is 2.94. The van der Waals surface area contributed by atoms with Crippen LogP contribution in [0.2, 0.25) is 0 Å². The molecule has 1 N–H and O–H groups in total. The molecule has 1 saturated carbocycles. The van der Waals surface area contributed by atoms with Crippen LogP contribution >= 0.6 is 0 Å². The minimum absolute atomic E-state index is 0.0683. The summed E-state index contributed by atoms with van der Waals surface area (Å²) in [6.45, 7) is 0. The number of rotatable bonds is 3. The Morgan fingerprint density at radius 1 is 0.964 bits per heavy atom. The summed E-state index contributed by atoms with van der Waals surface area (Å²) in [6.07, 6.45) is 9.16. The van der Waals surface area contributed by atoms with E-state index in [-0.39, 0.29) is 11.6 Å². The lowest BCUT2D eigenvalue weighted by Crippen LogP contribution is -2.58. The van der Waals surface area contributed by atoms with Gasteiger partial charge in [-0.15, -0.1) is 0 Å². The van der Waals surface area contributed by atoms with Crippen LogP contribution in [0.25, 0.3) is 17.5 Å². The van der Waals surface area contributed by atoms with Gasteiger partial charge in [0, 0.05) is 29.6 Å². The molecule has 1 aliphatic carbocycles. The molecule has 4 rings (SSSR count). The Labute approximate surface area is 162 Å². The summed E-state index contributed by atoms with van der Waals surface area (Å²) in [5.74, 6) is -0.678. The SMILES string of the molecule is O=C1NC(=O)N(C2CCCCC2)C(=O)C1=Cc1cnc(-c2ccccc2)nc1. The van der Waals surface area contributed by atoms with Gasteiger partial charge in [-0.25, -0.2) is 14.8 Å². The molecule has 0 bridgehead atoms. The van der Waals surface area contributed by atoms with Crippen molar-refractivity contribution >= 4 is 23.9 Å². The van der Waals surface area contributed by atoms with Crippen molar-refractivity contribution in [3.63, 3.8) is 0 Å². The quantitative estimate of drug-likeness (QED) is 0.657. The minimum Gasteiger partial charge on any atom is -0.273 e. The molecule has 1 aromatic carbocycles. The van der Waals surface area contributed by atoms with Gasteiger partial charge >= 0.3 is 6.03 Å². The van der Waals surface area contributed by atoms with Crippen LogP contribution in [0.4, 0.5) is 4.79 Å². The number of imide groups is 2. The molecular weight excluding hydrogens is 356 g/mol. The first-order valence-electron chi connectivity index (χ1n) is 9.41. The molecule has 1 saturated heterocycles. The number of aromatic nitrogens is 2. The Hall–Kier alpha value is -3.35. The average Bonchev–Trinajstić information content (AvgIpc) is 2.73. The van der Waals surface area contributed by atoms with E-state index in [9.17, 15) is 14.4 Å². The van der Waals surface area contributed by atoms with Crippen LogP contribution < -0.4 is 5.32 Å². The molecular formula is C21H20N4O3. The van der Waals surface area contributed by atoms with Gasteiger partial charge < -0.3 is 0 Å². The first kappa shape index (κ1) is 18.0. The minimum atomic E-state index is -0.686. The number of nitrogens with zero attached hydrogens (tertiary/aromatic N) is 3. The second kappa shape index (κ2) is 7.72. The number of hydrogen-bond acceptors (Lipinski definition) is 5. The Bertz CT molecular complexity index is 932. The van der Waals surface area contributed by atoms with Crippen molar-refractivity contribution in [3.8, 4) is 11.4 Å². The fourth-order valence-corrected chi connectivity index (χ4v) is 3.66. The summed E-state index contributed by atoms with van der Waals surface area (Å²) < 4.78 is 0. The van der Waals surface area contributed by atoms with Crippen molar-refractivity contribution in [2.24, 2.45) is 0 Å². The van der Waals surface area contributed by atoms with E-state index in [1.54, 1.807) is 12.4 Å². The van der Waals surface area contributed by atoms with E-state index in [0.717, 1.165) is 37.7 Å². The third-order valence-electron chi connectivity index (χ3n) is 5.09. The number of barbiturate groups is 1. The molecule has 7 nitrogen and oxygen atoms in total. The van der Waals surface area contributed by atoms with Crippen LogP contribution in [-0.4, -0.2) is 38.8 Å². The average molecular weight is 376 g/mol. The standard InChI is InChI=1S/C21H20N4O3/c26-19-17(20(27)25(21(28)24-19)16-9-5-2-6-10-16)11-14-12-22-18(23-13-14)15-7-3-1-4-8-15/h1,3-4,7-8,11-13,16H,2,5-6,9-10H2,(H,24,26,28). The summed E-state index contributed by atoms with van der Waals surface area (Å²) in [7, 11) is 0. The highest BCUT2D eigenvalue weighted by Gasteiger charge is 2.40. The van der Waals surface area contributed by atoms with Gasteiger partial charge in [-0.1, -0.05) is 49.6 Å². The van der Waals surface area contributed by atoms with E-state index in [1.807, 2.05) is 30.3 Å². The number of amides is 4. The molecule has 1 aromatic heterocycles. The highest BCUT2D eigenvalue weighted by Crippen LogP contribution is 2.26. The van der Waals surface area contributed by atoms with Crippen LogP contribution in [0.3, 0.4) is 0 Å². The van der Waals surface area contributed by atoms with E-state index in [1.165, 1.54) is 11.0 Å². The maximum atomic E-state index is 12.9. The maximum absolute atomic E-state index is 12.9. The van der Waals surface area contributed by atoms with Crippen LogP contribution in [-0.2, 0) is 9.59 Å². The monoisotopic (exact) mass is 376 g/mol. The Morgan fingerprint density at radius 2 is 1.64 bits per heavy atom. The first-order valence-corrected chi connectivity index (χ1v) is 9.41. The van der Waals surface area contributed by atoms with Gasteiger partial charge in [-0.3, -0.25) is 19.8 Å². The van der Waals surface area contributed by atoms with Gasteiger partial charge in [0.25, 0.3) is 11.8 Å². The third kappa shape index (κ3) is 3.55. The molecule has 2 aliphatic rings. The van der Waals surface area contributed by atoms with Crippen molar-refractivity contribution in [2.45, 2.75) is 38.1 Å². The third-order valence-corrected chi connectivity index (χ3v) is 5.09. The molecule has 7 heteroatoms. The Kier molecular flexibility index (Phi) is 4.97. The van der Waals surface area contributed by atoms with Gasteiger partial charge in [0.2, 0.25) is 0 Å². The topological polar surface area (TPSA) is 92.3 Å². The number of carbonyl (C=O) groups excluding carboxylic acids is 3. The molecule has 28 heavy (non-hydrogen) atoms. The zero-order chi connectivity index (χ0) is 19.5. The lowest BCUT2D eigenvalue weighted by molar-refractivity contribution is -0.132. The van der Waals surface area contributed by atoms with Gasteiger partial charge in [-0.05, 0) is 18.9 Å². The second-order valence-corrected chi connectivity index (χ2v) is 6.99. The van der Waals surface area contributed by atoms with Crippen molar-refractivity contribution < 1.29 is 14.4 Å². The molecule has 0 unspecified atom stereocenters. The molecule has 2 heterocycles. The first-order chi connectivity index (χ1) is 13.6. The van der Waals surface area contributed by atoms with E-state index in [2.05, 4.69) is 15.3 Å². The van der Waals surface area contributed by atoms with Gasteiger partial charge in [0.05, 0.1) is 0 Å². The lowest BCUT2D eigenvalue weighted by atomic mass is 9.93. The van der Waals surface area contributed by atoms with E-state index < -0.39 is 17.8 Å². The van der Waals surface area contributed by atoms with Gasteiger partial charge in [0.15, 0.2) is 5.82 Å². The van der Waals surface area contributed by atoms with E-state index >= 15 is 0 Å². The Balaban J connectivity index is 1.59. The summed E-state index contributed by atoms with van der Waals surface area (Å²) in [6, 6.07) is 8.73. The van der Waals surface area contributed by atoms with Crippen molar-refractivity contribution in [1.29, 1.82) is 0 Å². The highest BCUT2D eigenvalue weighted by molar-refractivity contribution is 6.31. The van der Waals surface area contributed by atoms with Crippen molar-refractivity contribution in [2.75, 3.05) is 0 Å². The van der Waals surface area contributed by atoms with Gasteiger partial charge in [-0.2, -0.15) is 0 Å². The fraction of sp³-hybridized carbons (Fsp3) is 0.286. The summed E-state index contributed by atoms with van der Waals surface area (Å²) in [4.78, 5) is 47.2. The zero-order valence-corrected chi connectivity index (χ0v) is 15.3. The fourth-order valence-electron chi connectivity index (χ4n) is 3.66.